The van der Waals surface area contributed by atoms with E-state index in [1.807, 2.05) is 23.5 Å². The molecule has 0 aromatic heterocycles. The van der Waals surface area contributed by atoms with Gasteiger partial charge in [-0.3, -0.25) is 0 Å². The summed E-state index contributed by atoms with van der Waals surface area (Å²) in [6.07, 6.45) is 1.28. The van der Waals surface area contributed by atoms with Crippen LogP contribution < -0.4 is 0 Å². The second-order valence-electron chi connectivity index (χ2n) is 1.39. The highest BCUT2D eigenvalue weighted by atomic mass is 32.3. The van der Waals surface area contributed by atoms with Crippen LogP contribution in [0.25, 0.3) is 0 Å². The van der Waals surface area contributed by atoms with E-state index in [1.54, 1.807) is 0 Å². The Morgan fingerprint density at radius 1 is 1.57 bits per heavy atom. The van der Waals surface area contributed by atoms with Gasteiger partial charge in [0, 0.05) is 5.08 Å². The summed E-state index contributed by atoms with van der Waals surface area (Å²) in [7, 11) is 0. The molecule has 3 heteroatoms. The Labute approximate surface area is 58.2 Å². The van der Waals surface area contributed by atoms with Gasteiger partial charge in [0.15, 0.2) is 0 Å². The molecular weight excluding hydrogens is 144 g/mol. The first-order chi connectivity index (χ1) is 3.43. The molecule has 1 heterocycles. The lowest BCUT2D eigenvalue weighted by atomic mass is 10.6. The van der Waals surface area contributed by atoms with Crippen molar-refractivity contribution in [3.8, 4) is 0 Å². The highest BCUT2D eigenvalue weighted by Gasteiger charge is 2.16. The van der Waals surface area contributed by atoms with Gasteiger partial charge in [-0.25, -0.2) is 0 Å². The molecule has 0 aliphatic carbocycles. The first-order valence-electron chi connectivity index (χ1n) is 2.27. The molecule has 0 aromatic rings. The molecule has 1 saturated heterocycles. The van der Waals surface area contributed by atoms with Crippen molar-refractivity contribution in [3.63, 3.8) is 0 Å². The van der Waals surface area contributed by atoms with Crippen LogP contribution in [0.15, 0.2) is 0 Å². The normalized spacial score (nSPS) is 21.9. The second-order valence-corrected chi connectivity index (χ2v) is 4.89. The molecule has 7 heavy (non-hydrogen) atoms. The van der Waals surface area contributed by atoms with Gasteiger partial charge in [-0.15, -0.1) is 23.5 Å². The van der Waals surface area contributed by atoms with Crippen LogP contribution in [0.2, 0.25) is 0 Å². The molecule has 0 N–H and O–H groups in total. The van der Waals surface area contributed by atoms with Crippen molar-refractivity contribution in [3.05, 3.63) is 0 Å². The summed E-state index contributed by atoms with van der Waals surface area (Å²) in [5.41, 5.74) is 0. The molecule has 0 nitrogen and oxygen atoms in total. The standard InChI is InChI=1S/C4H8S3/c5-2-1-4-6-3-7-4/h4-5H,1-3H2. The molecule has 0 aromatic carbocycles. The topological polar surface area (TPSA) is 0 Å². The molecule has 0 unspecified atom stereocenters. The van der Waals surface area contributed by atoms with E-state index in [9.17, 15) is 0 Å². The average Bonchev–Trinajstić information content (AvgIpc) is 1.55. The number of hydrogen-bond acceptors (Lipinski definition) is 3. The fourth-order valence-electron chi connectivity index (χ4n) is 0.436. The minimum absolute atomic E-state index is 0.887. The lowest BCUT2D eigenvalue weighted by molar-refractivity contribution is 1.07. The zero-order valence-electron chi connectivity index (χ0n) is 3.96. The van der Waals surface area contributed by atoms with Crippen molar-refractivity contribution in [2.75, 3.05) is 10.8 Å². The van der Waals surface area contributed by atoms with Crippen molar-refractivity contribution < 1.29 is 0 Å². The van der Waals surface area contributed by atoms with Gasteiger partial charge in [0.1, 0.15) is 0 Å². The summed E-state index contributed by atoms with van der Waals surface area (Å²) in [6.45, 7) is 0. The molecule has 0 spiro atoms. The molecule has 0 amide bonds. The van der Waals surface area contributed by atoms with E-state index in [1.165, 1.54) is 11.5 Å². The Kier molecular flexibility index (Phi) is 2.78. The molecule has 0 saturated carbocycles. The summed E-state index contributed by atoms with van der Waals surface area (Å²) in [6, 6.07) is 0. The Balaban J connectivity index is 1.93. The van der Waals surface area contributed by atoms with Crippen LogP contribution in [0.5, 0.6) is 0 Å². The quantitative estimate of drug-likeness (QED) is 0.602. The Morgan fingerprint density at radius 3 is 2.43 bits per heavy atom. The second kappa shape index (κ2) is 3.15. The van der Waals surface area contributed by atoms with Gasteiger partial charge in [0.2, 0.25) is 0 Å². The third-order valence-corrected chi connectivity index (χ3v) is 4.25. The maximum absolute atomic E-state index is 4.12. The highest BCUT2D eigenvalue weighted by Crippen LogP contribution is 2.40. The van der Waals surface area contributed by atoms with Crippen LogP contribution in [-0.4, -0.2) is 15.4 Å². The predicted octanol–water partition coefficient (Wildman–Crippen LogP) is 2.07. The minimum Gasteiger partial charge on any atom is -0.179 e. The van der Waals surface area contributed by atoms with Gasteiger partial charge in [-0.1, -0.05) is 0 Å². The van der Waals surface area contributed by atoms with Gasteiger partial charge in [-0.05, 0) is 12.2 Å². The van der Waals surface area contributed by atoms with Crippen molar-refractivity contribution in [1.29, 1.82) is 0 Å². The van der Waals surface area contributed by atoms with E-state index >= 15 is 0 Å². The van der Waals surface area contributed by atoms with Gasteiger partial charge in [0.05, 0.1) is 4.58 Å². The number of thiol groups is 1. The van der Waals surface area contributed by atoms with Crippen LogP contribution in [0, 0.1) is 0 Å². The number of thioether (sulfide) groups is 2. The SMILES string of the molecule is SCCC1SCS1. The minimum atomic E-state index is 0.887. The van der Waals surface area contributed by atoms with E-state index in [-0.39, 0.29) is 0 Å². The van der Waals surface area contributed by atoms with Crippen LogP contribution in [0.1, 0.15) is 6.42 Å². The largest absolute Gasteiger partial charge is 0.179 e. The summed E-state index contributed by atoms with van der Waals surface area (Å²) in [5, 5.41) is 1.30. The first-order valence-corrected chi connectivity index (χ1v) is 5.00. The highest BCUT2D eigenvalue weighted by molar-refractivity contribution is 8.32. The summed E-state index contributed by atoms with van der Waals surface area (Å²) in [5.74, 6) is 1.05. The monoisotopic (exact) mass is 152 g/mol. The van der Waals surface area contributed by atoms with Crippen LogP contribution in [0.4, 0.5) is 0 Å². The van der Waals surface area contributed by atoms with Crippen LogP contribution in [-0.2, 0) is 0 Å². The van der Waals surface area contributed by atoms with E-state index in [4.69, 9.17) is 0 Å². The summed E-state index contributed by atoms with van der Waals surface area (Å²) in [4.78, 5) is 0. The van der Waals surface area contributed by atoms with Crippen molar-refractivity contribution >= 4 is 36.2 Å². The molecule has 1 aliphatic heterocycles. The van der Waals surface area contributed by atoms with Gasteiger partial charge in [-0.2, -0.15) is 12.6 Å². The maximum Gasteiger partial charge on any atom is 0.0526 e. The lowest BCUT2D eigenvalue weighted by Gasteiger charge is -2.22. The van der Waals surface area contributed by atoms with Gasteiger partial charge in [0.25, 0.3) is 0 Å². The fourth-order valence-corrected chi connectivity index (χ4v) is 2.93. The number of hydrogen-bond donors (Lipinski definition) is 1. The Bertz CT molecular complexity index is 50.9. The molecular formula is C4H8S3. The zero-order valence-corrected chi connectivity index (χ0v) is 6.49. The lowest BCUT2D eigenvalue weighted by Crippen LogP contribution is -2.07. The molecule has 0 bridgehead atoms. The molecule has 1 fully saturated rings. The molecule has 0 radical (unpaired) electrons. The van der Waals surface area contributed by atoms with Crippen molar-refractivity contribution in [1.82, 2.24) is 0 Å². The van der Waals surface area contributed by atoms with Crippen LogP contribution >= 0.6 is 36.2 Å². The molecule has 0 atom stereocenters. The van der Waals surface area contributed by atoms with E-state index in [2.05, 4.69) is 12.6 Å². The van der Waals surface area contributed by atoms with E-state index < -0.39 is 0 Å². The van der Waals surface area contributed by atoms with Gasteiger partial charge < -0.3 is 0 Å². The Hall–Kier alpha value is 1.05. The Morgan fingerprint density at radius 2 is 2.29 bits per heavy atom. The molecule has 1 rings (SSSR count). The van der Waals surface area contributed by atoms with E-state index in [0.29, 0.717) is 0 Å². The predicted molar refractivity (Wildman–Crippen MR) is 42.3 cm³/mol. The zero-order chi connectivity index (χ0) is 5.11. The van der Waals surface area contributed by atoms with E-state index in [0.717, 1.165) is 10.3 Å². The third-order valence-electron chi connectivity index (χ3n) is 0.873. The third kappa shape index (κ3) is 1.78. The molecule has 42 valence electrons. The van der Waals surface area contributed by atoms with Crippen molar-refractivity contribution in [2.24, 2.45) is 0 Å². The maximum atomic E-state index is 4.12. The number of rotatable bonds is 2. The molecule has 1 aliphatic rings. The summed E-state index contributed by atoms with van der Waals surface area (Å²) < 4.78 is 0.887. The smallest absolute Gasteiger partial charge is 0.0526 e. The summed E-state index contributed by atoms with van der Waals surface area (Å²) >= 11 is 8.21. The first kappa shape index (κ1) is 6.17. The van der Waals surface area contributed by atoms with Crippen LogP contribution in [0.3, 0.4) is 0 Å². The average molecular weight is 152 g/mol. The fraction of sp³-hybridized carbons (Fsp3) is 1.00. The van der Waals surface area contributed by atoms with Crippen molar-refractivity contribution in [2.45, 2.75) is 11.0 Å². The van der Waals surface area contributed by atoms with Gasteiger partial charge >= 0.3 is 0 Å².